The van der Waals surface area contributed by atoms with E-state index in [1.54, 1.807) is 37.3 Å². The van der Waals surface area contributed by atoms with Crippen molar-refractivity contribution in [2.45, 2.75) is 107 Å². The minimum atomic E-state index is 0.299. The highest BCUT2D eigenvalue weighted by molar-refractivity contribution is 9.11. The Hall–Kier alpha value is -6.40. The van der Waals surface area contributed by atoms with E-state index in [-0.39, 0.29) is 0 Å². The molecule has 0 aliphatic heterocycles. The van der Waals surface area contributed by atoms with E-state index in [4.69, 9.17) is 96.3 Å². The lowest BCUT2D eigenvalue weighted by Gasteiger charge is -2.17. The summed E-state index contributed by atoms with van der Waals surface area (Å²) in [7, 11) is 0. The molecule has 0 heterocycles. The van der Waals surface area contributed by atoms with Crippen molar-refractivity contribution in [2.24, 2.45) is 0 Å². The van der Waals surface area contributed by atoms with Crippen LogP contribution in [0.2, 0.25) is 15.1 Å². The molecule has 0 radical (unpaired) electrons. The molecule has 0 bridgehead atoms. The van der Waals surface area contributed by atoms with Gasteiger partial charge < -0.3 is 28.7 Å². The van der Waals surface area contributed by atoms with Crippen LogP contribution in [-0.4, -0.2) is 0 Å². The molecule has 72 heavy (non-hydrogen) atoms. The van der Waals surface area contributed by atoms with Crippen molar-refractivity contribution in [3.63, 3.8) is 0 Å². The number of allylic oxidation sites excluding steroid dienone is 3. The summed E-state index contributed by atoms with van der Waals surface area (Å²) < 4.78 is 1.23. The normalized spacial score (nSPS) is 9.78. The Morgan fingerprint density at radius 1 is 0.486 bits per heavy atom. The van der Waals surface area contributed by atoms with E-state index >= 15 is 0 Å². The number of rotatable bonds is 6. The Morgan fingerprint density at radius 2 is 0.889 bits per heavy atom. The Kier molecular flexibility index (Phi) is 28.4. The molecule has 0 spiro atoms. The Balaban J connectivity index is 0.000000864. The molecule has 5 rings (SSSR count). The van der Waals surface area contributed by atoms with E-state index in [9.17, 15) is 0 Å². The SMILES string of the molecule is C=C(C)C.[C-]#[N+]c1c(Cl)cc(Br)c(N)c1Br.[C-]#[N+]c1c(Cl)cc(C(=C)C)c(N)c1C(=C)C.[C-]#[N+]c1cc(N)ccc1Cl.[C-]#[N+]c1ccc(C(C)C)c(N)c1C(C)C.[C-]#[N+]c1ccc(C(C)C)c(N)c1C(C)C. The lowest BCUT2D eigenvalue weighted by atomic mass is 9.91. The third-order valence-corrected chi connectivity index (χ3v) is 12.3. The van der Waals surface area contributed by atoms with E-state index in [1.807, 2.05) is 45.0 Å². The highest BCUT2D eigenvalue weighted by Gasteiger charge is 2.18. The maximum absolute atomic E-state index is 7.12. The van der Waals surface area contributed by atoms with Crippen LogP contribution in [-0.2, 0) is 0 Å². The second kappa shape index (κ2) is 31.1. The van der Waals surface area contributed by atoms with Crippen LogP contribution in [0.3, 0.4) is 0 Å². The van der Waals surface area contributed by atoms with Gasteiger partial charge in [-0.3, -0.25) is 0 Å². The predicted octanol–water partition coefficient (Wildman–Crippen LogP) is 20.7. The minimum absolute atomic E-state index is 0.299. The molecule has 0 saturated carbocycles. The summed E-state index contributed by atoms with van der Waals surface area (Å²) in [6.07, 6.45) is 0. The Morgan fingerprint density at radius 3 is 1.21 bits per heavy atom. The van der Waals surface area contributed by atoms with Gasteiger partial charge in [-0.1, -0.05) is 161 Å². The van der Waals surface area contributed by atoms with Crippen molar-refractivity contribution in [1.82, 2.24) is 0 Å². The van der Waals surface area contributed by atoms with Gasteiger partial charge in [0.25, 0.3) is 0 Å². The molecule has 5 aromatic rings. The molecular weight excluding hydrogens is 1090 g/mol. The fourth-order valence-electron chi connectivity index (χ4n) is 6.56. The summed E-state index contributed by atoms with van der Waals surface area (Å²) in [5, 5.41) is 1.22. The lowest BCUT2D eigenvalue weighted by molar-refractivity contribution is 0.842. The van der Waals surface area contributed by atoms with Crippen LogP contribution in [0, 0.1) is 32.9 Å². The molecular formula is C57H65Br2Cl3N10. The second-order valence-electron chi connectivity index (χ2n) is 17.6. The molecule has 0 saturated heterocycles. The zero-order valence-electron chi connectivity index (χ0n) is 43.1. The molecule has 0 aliphatic carbocycles. The molecule has 10 nitrogen and oxygen atoms in total. The summed E-state index contributed by atoms with van der Waals surface area (Å²) in [5.74, 6) is 1.41. The summed E-state index contributed by atoms with van der Waals surface area (Å²) in [5.41, 5.74) is 43.3. The predicted molar refractivity (Wildman–Crippen MR) is 322 cm³/mol. The quantitative estimate of drug-likeness (QED) is 0.0651. The third kappa shape index (κ3) is 19.0. The van der Waals surface area contributed by atoms with Crippen molar-refractivity contribution in [3.05, 3.63) is 194 Å². The summed E-state index contributed by atoms with van der Waals surface area (Å²) in [4.78, 5) is 16.9. The molecule has 5 aromatic carbocycles. The van der Waals surface area contributed by atoms with E-state index in [0.717, 1.165) is 50.3 Å². The van der Waals surface area contributed by atoms with Crippen LogP contribution < -0.4 is 28.7 Å². The van der Waals surface area contributed by atoms with Crippen LogP contribution in [0.5, 0.6) is 0 Å². The van der Waals surface area contributed by atoms with Gasteiger partial charge in [-0.15, -0.1) is 6.58 Å². The van der Waals surface area contributed by atoms with Crippen LogP contribution in [0.25, 0.3) is 35.4 Å². The summed E-state index contributed by atoms with van der Waals surface area (Å²) in [6.45, 7) is 70.4. The van der Waals surface area contributed by atoms with E-state index in [0.29, 0.717) is 98.7 Å². The smallest absolute Gasteiger partial charge is 0.221 e. The Labute approximate surface area is 461 Å². The number of benzene rings is 5. The first kappa shape index (κ1) is 65.6. The van der Waals surface area contributed by atoms with Gasteiger partial charge in [-0.05, 0) is 125 Å². The molecule has 378 valence electrons. The highest BCUT2D eigenvalue weighted by atomic mass is 79.9. The van der Waals surface area contributed by atoms with E-state index in [1.165, 1.54) is 5.57 Å². The van der Waals surface area contributed by atoms with Crippen molar-refractivity contribution < 1.29 is 0 Å². The third-order valence-electron chi connectivity index (χ3n) is 9.91. The first-order valence-electron chi connectivity index (χ1n) is 22.2. The number of nitrogens with two attached hydrogens (primary N) is 5. The van der Waals surface area contributed by atoms with Gasteiger partial charge in [0.2, 0.25) is 17.1 Å². The second-order valence-corrected chi connectivity index (χ2v) is 20.5. The first-order chi connectivity index (χ1) is 33.4. The fourth-order valence-corrected chi connectivity index (χ4v) is 8.67. The number of hydrogen-bond donors (Lipinski definition) is 5. The molecule has 0 fully saturated rings. The van der Waals surface area contributed by atoms with Gasteiger partial charge in [0.15, 0.2) is 11.4 Å². The summed E-state index contributed by atoms with van der Waals surface area (Å²) >= 11 is 23.9. The number of anilines is 5. The van der Waals surface area contributed by atoms with Crippen molar-refractivity contribution in [1.29, 1.82) is 0 Å². The number of hydrogen-bond acceptors (Lipinski definition) is 5. The van der Waals surface area contributed by atoms with Gasteiger partial charge in [-0.2, -0.15) is 0 Å². The molecule has 0 amide bonds. The highest BCUT2D eigenvalue weighted by Crippen LogP contribution is 2.43. The first-order valence-corrected chi connectivity index (χ1v) is 24.9. The van der Waals surface area contributed by atoms with Gasteiger partial charge >= 0.3 is 0 Å². The summed E-state index contributed by atoms with van der Waals surface area (Å²) in [6, 6.07) is 15.8. The molecule has 15 heteroatoms. The zero-order valence-corrected chi connectivity index (χ0v) is 48.6. The van der Waals surface area contributed by atoms with Gasteiger partial charge in [0.05, 0.1) is 32.9 Å². The van der Waals surface area contributed by atoms with E-state index in [2.05, 4.69) is 131 Å². The van der Waals surface area contributed by atoms with Crippen LogP contribution >= 0.6 is 66.7 Å². The molecule has 0 aliphatic rings. The number of nitrogen functional groups attached to an aromatic ring is 5. The van der Waals surface area contributed by atoms with Gasteiger partial charge in [-0.25, -0.2) is 24.2 Å². The van der Waals surface area contributed by atoms with Crippen LogP contribution in [0.1, 0.15) is 140 Å². The molecule has 0 unspecified atom stereocenters. The zero-order chi connectivity index (χ0) is 56.1. The number of nitrogens with zero attached hydrogens (tertiary/aromatic N) is 5. The maximum Gasteiger partial charge on any atom is 0.221 e. The number of halogens is 5. The molecule has 0 atom stereocenters. The maximum atomic E-state index is 7.12. The van der Waals surface area contributed by atoms with Gasteiger partial charge in [0, 0.05) is 58.0 Å². The molecule has 0 aromatic heterocycles. The fraction of sp³-hybridized carbons (Fsp3) is 0.281. The van der Waals surface area contributed by atoms with Crippen molar-refractivity contribution in [2.75, 3.05) is 28.7 Å². The largest absolute Gasteiger partial charge is 0.400 e. The average Bonchev–Trinajstić information content (AvgIpc) is 3.29. The van der Waals surface area contributed by atoms with Gasteiger partial charge in [0.1, 0.15) is 0 Å². The average molecular weight is 1160 g/mol. The van der Waals surface area contributed by atoms with Crippen LogP contribution in [0.15, 0.2) is 88.9 Å². The van der Waals surface area contributed by atoms with E-state index < -0.39 is 0 Å². The van der Waals surface area contributed by atoms with Crippen molar-refractivity contribution in [3.8, 4) is 0 Å². The monoisotopic (exact) mass is 1150 g/mol. The minimum Gasteiger partial charge on any atom is -0.400 e. The van der Waals surface area contributed by atoms with Crippen molar-refractivity contribution >= 4 is 135 Å². The molecule has 10 N–H and O–H groups in total. The van der Waals surface area contributed by atoms with Crippen LogP contribution in [0.4, 0.5) is 56.9 Å². The lowest BCUT2D eigenvalue weighted by Crippen LogP contribution is -2.02. The topological polar surface area (TPSA) is 152 Å². The Bertz CT molecular complexity index is 2910. The standard InChI is InChI=1S/C13H13ClN2.2C13H18N2.C7H3Br2ClN2.C7H5ClN2.C4H8/c1-7(2)9-6-10(14)13(16-5)11(8(3)4)12(9)15;2*1-8(2)10-6-7-11(15-5)12(9(3)4)13(10)14;1-12-7-4(10)2-3(8)6(11)5(7)9;1-10-7-4-5(9)2-3-6(7)8;1-4(2)3/h6H,1,3,15H2,2,4H3;2*6-9H,14H2,1-4H3;2H,11H2;2-4H,9H2;1H2,2-3H3.